The molecule has 2 nitrogen and oxygen atoms in total. The number of aromatic nitrogens is 2. The first-order chi connectivity index (χ1) is 4.88. The average Bonchev–Trinajstić information content (AvgIpc) is 2.34. The summed E-state index contributed by atoms with van der Waals surface area (Å²) in [6.07, 6.45) is 5.32. The van der Waals surface area contributed by atoms with Crippen molar-refractivity contribution in [1.29, 1.82) is 0 Å². The smallest absolute Gasteiger partial charge is 0.128 e. The van der Waals surface area contributed by atoms with Gasteiger partial charge in [0.1, 0.15) is 11.0 Å². The van der Waals surface area contributed by atoms with Crippen LogP contribution in [0.5, 0.6) is 0 Å². The monoisotopic (exact) mass is 156 g/mol. The molecule has 2 rings (SSSR count). The maximum Gasteiger partial charge on any atom is 0.128 e. The van der Waals surface area contributed by atoms with E-state index in [1.54, 1.807) is 6.20 Å². The number of imidazole rings is 1. The van der Waals surface area contributed by atoms with E-state index < -0.39 is 0 Å². The van der Waals surface area contributed by atoms with E-state index in [2.05, 4.69) is 9.55 Å². The first-order valence-electron chi connectivity index (χ1n) is 3.58. The maximum atomic E-state index is 5.86. The zero-order valence-corrected chi connectivity index (χ0v) is 6.43. The Morgan fingerprint density at radius 3 is 3.20 bits per heavy atom. The summed E-state index contributed by atoms with van der Waals surface area (Å²) in [7, 11) is 0. The summed E-state index contributed by atoms with van der Waals surface area (Å²) in [5.74, 6) is 1.15. The Hall–Kier alpha value is -0.500. The highest BCUT2D eigenvalue weighted by Gasteiger charge is 2.11. The summed E-state index contributed by atoms with van der Waals surface area (Å²) in [5.41, 5.74) is 0. The van der Waals surface area contributed by atoms with Gasteiger partial charge in [-0.05, 0) is 12.8 Å². The average molecular weight is 157 g/mol. The Labute approximate surface area is 64.8 Å². The number of hydrogen-bond acceptors (Lipinski definition) is 1. The molecule has 0 N–H and O–H groups in total. The van der Waals surface area contributed by atoms with E-state index in [1.807, 2.05) is 0 Å². The number of nitrogens with zero attached hydrogens (tertiary/aromatic N) is 2. The molecule has 0 fully saturated rings. The van der Waals surface area contributed by atoms with Crippen molar-refractivity contribution in [2.45, 2.75) is 25.8 Å². The number of fused-ring (bicyclic) bond motifs is 1. The predicted octanol–water partition coefficient (Wildman–Crippen LogP) is 1.87. The molecule has 0 atom stereocenters. The lowest BCUT2D eigenvalue weighted by atomic mass is 10.2. The number of rotatable bonds is 0. The van der Waals surface area contributed by atoms with Crippen LogP contribution in [0.1, 0.15) is 18.7 Å². The second-order valence-corrected chi connectivity index (χ2v) is 2.99. The molecule has 0 bridgehead atoms. The maximum absolute atomic E-state index is 5.86. The minimum absolute atomic E-state index is 0.787. The minimum Gasteiger partial charge on any atom is -0.319 e. The fraction of sp³-hybridized carbons (Fsp3) is 0.571. The molecule has 1 aromatic rings. The highest BCUT2D eigenvalue weighted by Crippen LogP contribution is 2.18. The van der Waals surface area contributed by atoms with E-state index >= 15 is 0 Å². The molecule has 0 saturated carbocycles. The molecule has 0 amide bonds. The van der Waals surface area contributed by atoms with Crippen molar-refractivity contribution in [3.05, 3.63) is 17.2 Å². The summed E-state index contributed by atoms with van der Waals surface area (Å²) < 4.78 is 2.09. The van der Waals surface area contributed by atoms with Crippen LogP contribution < -0.4 is 0 Å². The lowest BCUT2D eigenvalue weighted by Gasteiger charge is -2.13. The van der Waals surface area contributed by atoms with Crippen LogP contribution in [-0.4, -0.2) is 9.55 Å². The van der Waals surface area contributed by atoms with Gasteiger partial charge in [0.05, 0.1) is 6.20 Å². The topological polar surface area (TPSA) is 17.8 Å². The standard InChI is InChI=1S/C7H9ClN2/c8-6-5-9-7-3-1-2-4-10(6)7/h5H,1-4H2. The summed E-state index contributed by atoms with van der Waals surface area (Å²) in [4.78, 5) is 4.19. The van der Waals surface area contributed by atoms with Gasteiger partial charge < -0.3 is 4.57 Å². The van der Waals surface area contributed by atoms with Gasteiger partial charge in [0, 0.05) is 13.0 Å². The van der Waals surface area contributed by atoms with Crippen LogP contribution in [0, 0.1) is 0 Å². The van der Waals surface area contributed by atoms with Crippen LogP contribution >= 0.6 is 11.6 Å². The zero-order chi connectivity index (χ0) is 6.97. The molecule has 0 saturated heterocycles. The van der Waals surface area contributed by atoms with Crippen molar-refractivity contribution in [3.63, 3.8) is 0 Å². The van der Waals surface area contributed by atoms with Crippen molar-refractivity contribution >= 4 is 11.6 Å². The summed E-state index contributed by atoms with van der Waals surface area (Å²) in [6.45, 7) is 1.05. The van der Waals surface area contributed by atoms with Crippen LogP contribution in [0.4, 0.5) is 0 Å². The zero-order valence-electron chi connectivity index (χ0n) is 5.68. The van der Waals surface area contributed by atoms with Gasteiger partial charge in [0.2, 0.25) is 0 Å². The Balaban J connectivity index is 2.45. The molecule has 54 valence electrons. The summed E-state index contributed by atoms with van der Waals surface area (Å²) >= 11 is 5.86. The van der Waals surface area contributed by atoms with E-state index in [-0.39, 0.29) is 0 Å². The lowest BCUT2D eigenvalue weighted by molar-refractivity contribution is 0.523. The molecule has 0 aromatic carbocycles. The molecule has 1 aliphatic heterocycles. The van der Waals surface area contributed by atoms with Gasteiger partial charge in [-0.2, -0.15) is 0 Å². The largest absolute Gasteiger partial charge is 0.319 e. The number of halogens is 1. The Morgan fingerprint density at radius 2 is 2.40 bits per heavy atom. The van der Waals surface area contributed by atoms with Crippen molar-refractivity contribution in [3.8, 4) is 0 Å². The van der Waals surface area contributed by atoms with Crippen LogP contribution in [0.25, 0.3) is 0 Å². The van der Waals surface area contributed by atoms with Crippen LogP contribution in [0.2, 0.25) is 5.15 Å². The number of aryl methyl sites for hydroxylation is 1. The third kappa shape index (κ3) is 0.833. The molecule has 1 aliphatic rings. The van der Waals surface area contributed by atoms with E-state index in [0.29, 0.717) is 0 Å². The highest BCUT2D eigenvalue weighted by molar-refractivity contribution is 6.29. The van der Waals surface area contributed by atoms with Gasteiger partial charge in [0.25, 0.3) is 0 Å². The van der Waals surface area contributed by atoms with Crippen molar-refractivity contribution in [2.24, 2.45) is 0 Å². The van der Waals surface area contributed by atoms with Crippen molar-refractivity contribution < 1.29 is 0 Å². The number of hydrogen-bond donors (Lipinski definition) is 0. The molecule has 3 heteroatoms. The highest BCUT2D eigenvalue weighted by atomic mass is 35.5. The van der Waals surface area contributed by atoms with Gasteiger partial charge in [-0.1, -0.05) is 11.6 Å². The third-order valence-electron chi connectivity index (χ3n) is 1.92. The molecule has 0 unspecified atom stereocenters. The Kier molecular flexibility index (Phi) is 1.42. The summed E-state index contributed by atoms with van der Waals surface area (Å²) in [5, 5.41) is 0.787. The second-order valence-electron chi connectivity index (χ2n) is 2.61. The van der Waals surface area contributed by atoms with E-state index in [9.17, 15) is 0 Å². The predicted molar refractivity (Wildman–Crippen MR) is 40.2 cm³/mol. The normalized spacial score (nSPS) is 16.9. The molecule has 10 heavy (non-hydrogen) atoms. The molecule has 2 heterocycles. The fourth-order valence-corrected chi connectivity index (χ4v) is 1.61. The van der Waals surface area contributed by atoms with Crippen LogP contribution in [0.3, 0.4) is 0 Å². The van der Waals surface area contributed by atoms with Crippen LogP contribution in [0.15, 0.2) is 6.20 Å². The molecule has 0 spiro atoms. The Morgan fingerprint density at radius 1 is 1.50 bits per heavy atom. The lowest BCUT2D eigenvalue weighted by Crippen LogP contribution is -2.10. The van der Waals surface area contributed by atoms with Gasteiger partial charge in [-0.3, -0.25) is 0 Å². The minimum atomic E-state index is 0.787. The van der Waals surface area contributed by atoms with Gasteiger partial charge >= 0.3 is 0 Å². The second kappa shape index (κ2) is 2.27. The van der Waals surface area contributed by atoms with Gasteiger partial charge in [-0.15, -0.1) is 0 Å². The Bertz CT molecular complexity index is 242. The SMILES string of the molecule is Clc1cnc2n1CCCC2. The molecular formula is C7H9ClN2. The van der Waals surface area contributed by atoms with E-state index in [1.165, 1.54) is 12.8 Å². The van der Waals surface area contributed by atoms with E-state index in [0.717, 1.165) is 23.9 Å². The third-order valence-corrected chi connectivity index (χ3v) is 2.22. The first kappa shape index (κ1) is 6.23. The molecular weight excluding hydrogens is 148 g/mol. The quantitative estimate of drug-likeness (QED) is 0.561. The molecule has 0 aliphatic carbocycles. The molecule has 0 radical (unpaired) electrons. The van der Waals surface area contributed by atoms with Crippen molar-refractivity contribution in [2.75, 3.05) is 0 Å². The van der Waals surface area contributed by atoms with Crippen molar-refractivity contribution in [1.82, 2.24) is 9.55 Å². The van der Waals surface area contributed by atoms with Gasteiger partial charge in [0.15, 0.2) is 0 Å². The van der Waals surface area contributed by atoms with Gasteiger partial charge in [-0.25, -0.2) is 4.98 Å². The molecule has 1 aromatic heterocycles. The first-order valence-corrected chi connectivity index (χ1v) is 3.95. The van der Waals surface area contributed by atoms with Crippen LogP contribution in [-0.2, 0) is 13.0 Å². The summed E-state index contributed by atoms with van der Waals surface area (Å²) in [6, 6.07) is 0. The van der Waals surface area contributed by atoms with E-state index in [4.69, 9.17) is 11.6 Å². The fourth-order valence-electron chi connectivity index (χ4n) is 1.38.